The highest BCUT2D eigenvalue weighted by Crippen LogP contribution is 2.17. The minimum atomic E-state index is -0.523. The largest absolute Gasteiger partial charge is 0.452 e. The molecule has 6 nitrogen and oxygen atoms in total. The van der Waals surface area contributed by atoms with E-state index in [2.05, 4.69) is 10.2 Å². The Bertz CT molecular complexity index is 962. The van der Waals surface area contributed by atoms with Crippen LogP contribution in [0, 0.1) is 13.8 Å². The average molecular weight is 351 g/mol. The van der Waals surface area contributed by atoms with E-state index < -0.39 is 5.97 Å². The van der Waals surface area contributed by atoms with Crippen molar-refractivity contribution < 1.29 is 14.3 Å². The van der Waals surface area contributed by atoms with Crippen LogP contribution in [0.2, 0.25) is 0 Å². The molecule has 0 aliphatic heterocycles. The van der Waals surface area contributed by atoms with Crippen LogP contribution in [0.1, 0.15) is 27.2 Å². The summed E-state index contributed by atoms with van der Waals surface area (Å²) in [6, 6.07) is 13.0. The number of likely N-dealkylation sites (N-methyl/N-ethyl adjacent to an activating group) is 1. The fourth-order valence-corrected chi connectivity index (χ4v) is 2.72. The number of nitrogens with zero attached hydrogens (tertiary/aromatic N) is 2. The van der Waals surface area contributed by atoms with Gasteiger partial charge >= 0.3 is 5.97 Å². The molecule has 0 bridgehead atoms. The molecule has 0 saturated carbocycles. The molecule has 6 heteroatoms. The molecule has 0 aliphatic carbocycles. The first kappa shape index (κ1) is 17.7. The second kappa shape index (κ2) is 7.39. The van der Waals surface area contributed by atoms with Crippen LogP contribution in [0.25, 0.3) is 10.9 Å². The Morgan fingerprint density at radius 2 is 1.92 bits per heavy atom. The van der Waals surface area contributed by atoms with Gasteiger partial charge in [-0.25, -0.2) is 4.79 Å². The Morgan fingerprint density at radius 1 is 1.15 bits per heavy atom. The standard InChI is InChI=1S/C20H21N3O3/c1-13-6-4-5-7-16(13)11-23(3)19(24)12-26-20(25)15-8-9-18-17(10-15)14(2)21-22-18/h4-10H,11-12H2,1-3H3,(H,21,22). The van der Waals surface area contributed by atoms with Crippen LogP contribution in [-0.4, -0.2) is 40.6 Å². The van der Waals surface area contributed by atoms with Crippen molar-refractivity contribution in [2.24, 2.45) is 0 Å². The van der Waals surface area contributed by atoms with Crippen LogP contribution in [0.3, 0.4) is 0 Å². The third kappa shape index (κ3) is 3.74. The molecule has 0 radical (unpaired) electrons. The Hall–Kier alpha value is -3.15. The Balaban J connectivity index is 1.60. The van der Waals surface area contributed by atoms with Gasteiger partial charge in [-0.05, 0) is 43.2 Å². The fourth-order valence-electron chi connectivity index (χ4n) is 2.72. The molecule has 1 aromatic heterocycles. The van der Waals surface area contributed by atoms with Crippen molar-refractivity contribution in [1.82, 2.24) is 15.1 Å². The molecule has 0 saturated heterocycles. The second-order valence-corrected chi connectivity index (χ2v) is 6.33. The first-order valence-corrected chi connectivity index (χ1v) is 8.36. The fraction of sp³-hybridized carbons (Fsp3) is 0.250. The van der Waals surface area contributed by atoms with Gasteiger partial charge in [0.2, 0.25) is 0 Å². The van der Waals surface area contributed by atoms with E-state index in [1.54, 1.807) is 30.1 Å². The number of aryl methyl sites for hydroxylation is 2. The van der Waals surface area contributed by atoms with E-state index >= 15 is 0 Å². The van der Waals surface area contributed by atoms with Gasteiger partial charge in [-0.1, -0.05) is 24.3 Å². The van der Waals surface area contributed by atoms with E-state index in [1.165, 1.54) is 0 Å². The van der Waals surface area contributed by atoms with Crippen LogP contribution < -0.4 is 0 Å². The minimum Gasteiger partial charge on any atom is -0.452 e. The third-order valence-electron chi connectivity index (χ3n) is 4.40. The van der Waals surface area contributed by atoms with Gasteiger partial charge in [0.05, 0.1) is 11.1 Å². The van der Waals surface area contributed by atoms with E-state index in [4.69, 9.17) is 4.74 Å². The van der Waals surface area contributed by atoms with Crippen LogP contribution >= 0.6 is 0 Å². The zero-order valence-corrected chi connectivity index (χ0v) is 15.1. The molecule has 0 spiro atoms. The predicted molar refractivity (Wildman–Crippen MR) is 98.8 cm³/mol. The van der Waals surface area contributed by atoms with Gasteiger partial charge in [0.15, 0.2) is 6.61 Å². The van der Waals surface area contributed by atoms with Crippen molar-refractivity contribution in [3.05, 3.63) is 64.8 Å². The van der Waals surface area contributed by atoms with Crippen LogP contribution in [0.15, 0.2) is 42.5 Å². The minimum absolute atomic E-state index is 0.248. The first-order valence-electron chi connectivity index (χ1n) is 8.36. The van der Waals surface area contributed by atoms with E-state index in [1.807, 2.05) is 38.1 Å². The van der Waals surface area contributed by atoms with E-state index in [-0.39, 0.29) is 12.5 Å². The molecular formula is C20H21N3O3. The summed E-state index contributed by atoms with van der Waals surface area (Å²) in [5.74, 6) is -0.771. The zero-order chi connectivity index (χ0) is 18.7. The number of H-pyrrole nitrogens is 1. The number of hydrogen-bond acceptors (Lipinski definition) is 4. The zero-order valence-electron chi connectivity index (χ0n) is 15.1. The monoisotopic (exact) mass is 351 g/mol. The lowest BCUT2D eigenvalue weighted by atomic mass is 10.1. The maximum absolute atomic E-state index is 12.3. The summed E-state index contributed by atoms with van der Waals surface area (Å²) in [4.78, 5) is 26.0. The average Bonchev–Trinajstić information content (AvgIpc) is 3.01. The quantitative estimate of drug-likeness (QED) is 0.717. The van der Waals surface area contributed by atoms with Gasteiger partial charge in [0, 0.05) is 24.7 Å². The number of fused-ring (bicyclic) bond motifs is 1. The Labute approximate surface area is 151 Å². The summed E-state index contributed by atoms with van der Waals surface area (Å²) in [5.41, 5.74) is 4.25. The molecular weight excluding hydrogens is 330 g/mol. The van der Waals surface area contributed by atoms with Crippen molar-refractivity contribution in [2.45, 2.75) is 20.4 Å². The number of amides is 1. The summed E-state index contributed by atoms with van der Waals surface area (Å²) in [6.45, 7) is 4.07. The molecule has 3 rings (SSSR count). The smallest absolute Gasteiger partial charge is 0.338 e. The van der Waals surface area contributed by atoms with Crippen molar-refractivity contribution in [1.29, 1.82) is 0 Å². The maximum atomic E-state index is 12.3. The number of aromatic nitrogens is 2. The van der Waals surface area contributed by atoms with E-state index in [9.17, 15) is 9.59 Å². The molecule has 3 aromatic rings. The van der Waals surface area contributed by atoms with Crippen molar-refractivity contribution >= 4 is 22.8 Å². The lowest BCUT2D eigenvalue weighted by Crippen LogP contribution is -2.31. The molecule has 0 unspecified atom stereocenters. The van der Waals surface area contributed by atoms with Crippen molar-refractivity contribution in [3.63, 3.8) is 0 Å². The molecule has 1 amide bonds. The summed E-state index contributed by atoms with van der Waals surface area (Å²) in [6.07, 6.45) is 0. The van der Waals surface area contributed by atoms with Gasteiger partial charge in [-0.3, -0.25) is 9.89 Å². The number of carbonyl (C=O) groups is 2. The Morgan fingerprint density at radius 3 is 2.69 bits per heavy atom. The number of ether oxygens (including phenoxy) is 1. The molecule has 0 aliphatic rings. The molecule has 0 fully saturated rings. The SMILES string of the molecule is Cc1ccccc1CN(C)C(=O)COC(=O)c1ccc2n[nH]c(C)c2c1. The highest BCUT2D eigenvalue weighted by atomic mass is 16.5. The number of carbonyl (C=O) groups excluding carboxylic acids is 2. The summed E-state index contributed by atoms with van der Waals surface area (Å²) < 4.78 is 5.18. The van der Waals surface area contributed by atoms with Crippen molar-refractivity contribution in [2.75, 3.05) is 13.7 Å². The molecule has 1 heterocycles. The predicted octanol–water partition coefficient (Wildman–Crippen LogP) is 3.00. The van der Waals surface area contributed by atoms with E-state index in [0.717, 1.165) is 27.7 Å². The normalized spacial score (nSPS) is 10.7. The van der Waals surface area contributed by atoms with Gasteiger partial charge in [0.25, 0.3) is 5.91 Å². The number of aromatic amines is 1. The number of benzene rings is 2. The summed E-state index contributed by atoms with van der Waals surface area (Å²) in [5, 5.41) is 7.86. The molecule has 1 N–H and O–H groups in total. The second-order valence-electron chi connectivity index (χ2n) is 6.33. The highest BCUT2D eigenvalue weighted by molar-refractivity contribution is 5.96. The number of nitrogens with one attached hydrogen (secondary N) is 1. The maximum Gasteiger partial charge on any atom is 0.338 e. The Kier molecular flexibility index (Phi) is 5.02. The molecule has 2 aromatic carbocycles. The van der Waals surface area contributed by atoms with Crippen molar-refractivity contribution in [3.8, 4) is 0 Å². The van der Waals surface area contributed by atoms with E-state index in [0.29, 0.717) is 12.1 Å². The first-order chi connectivity index (χ1) is 12.5. The highest BCUT2D eigenvalue weighted by Gasteiger charge is 2.15. The van der Waals surface area contributed by atoms with Gasteiger partial charge in [0.1, 0.15) is 0 Å². The summed E-state index contributed by atoms with van der Waals surface area (Å²) >= 11 is 0. The van der Waals surface area contributed by atoms with Crippen LogP contribution in [-0.2, 0) is 16.1 Å². The van der Waals surface area contributed by atoms with Gasteiger partial charge in [-0.2, -0.15) is 5.10 Å². The molecule has 0 atom stereocenters. The van der Waals surface area contributed by atoms with Crippen LogP contribution in [0.4, 0.5) is 0 Å². The third-order valence-corrected chi connectivity index (χ3v) is 4.40. The van der Waals surface area contributed by atoms with Gasteiger partial charge < -0.3 is 9.64 Å². The van der Waals surface area contributed by atoms with Crippen LogP contribution in [0.5, 0.6) is 0 Å². The topological polar surface area (TPSA) is 75.3 Å². The van der Waals surface area contributed by atoms with Gasteiger partial charge in [-0.15, -0.1) is 0 Å². The number of hydrogen-bond donors (Lipinski definition) is 1. The lowest BCUT2D eigenvalue weighted by Gasteiger charge is -2.18. The molecule has 26 heavy (non-hydrogen) atoms. The molecule has 134 valence electrons. The number of rotatable bonds is 5. The lowest BCUT2D eigenvalue weighted by molar-refractivity contribution is -0.133. The summed E-state index contributed by atoms with van der Waals surface area (Å²) in [7, 11) is 1.70. The number of esters is 1.